The third kappa shape index (κ3) is 3.43. The van der Waals surface area contributed by atoms with Gasteiger partial charge in [0.15, 0.2) is 0 Å². The fraction of sp³-hybridized carbons (Fsp3) is 0.350. The van der Waals surface area contributed by atoms with E-state index in [-0.39, 0.29) is 5.56 Å². The summed E-state index contributed by atoms with van der Waals surface area (Å²) in [4.78, 5) is 22.6. The van der Waals surface area contributed by atoms with Gasteiger partial charge in [-0.3, -0.25) is 9.69 Å². The van der Waals surface area contributed by atoms with Crippen molar-refractivity contribution >= 4 is 11.6 Å². The minimum Gasteiger partial charge on any atom is -0.481 e. The highest BCUT2D eigenvalue weighted by atomic mass is 35.5. The van der Waals surface area contributed by atoms with Crippen LogP contribution in [0.5, 0.6) is 5.88 Å². The molecule has 1 N–H and O–H groups in total. The van der Waals surface area contributed by atoms with Gasteiger partial charge >= 0.3 is 0 Å². The lowest BCUT2D eigenvalue weighted by molar-refractivity contribution is 0.237. The second-order valence-electron chi connectivity index (χ2n) is 7.00. The standard InChI is InChI=1S/C20H22ClN5O2/c1-12-15(20(28-3)25(2)24-12)10-26-9-8-17-16(11-26)19(27)23-18(22-17)13-4-6-14(21)7-5-13/h4-7H,8-11H2,1-3H3,(H,22,23,27). The minimum atomic E-state index is -0.0884. The predicted octanol–water partition coefficient (Wildman–Crippen LogP) is 2.70. The number of ether oxygens (including phenoxy) is 1. The fourth-order valence-corrected chi connectivity index (χ4v) is 3.83. The van der Waals surface area contributed by atoms with Gasteiger partial charge in [0.2, 0.25) is 5.88 Å². The first kappa shape index (κ1) is 18.7. The fourth-order valence-electron chi connectivity index (χ4n) is 3.70. The van der Waals surface area contributed by atoms with Crippen molar-refractivity contribution in [2.45, 2.75) is 26.4 Å². The highest BCUT2D eigenvalue weighted by Crippen LogP contribution is 2.26. The number of fused-ring (bicyclic) bond motifs is 1. The van der Waals surface area contributed by atoms with Gasteiger partial charge < -0.3 is 9.72 Å². The van der Waals surface area contributed by atoms with Gasteiger partial charge in [0.1, 0.15) is 5.82 Å². The first-order chi connectivity index (χ1) is 13.5. The number of aromatic amines is 1. The maximum atomic E-state index is 12.7. The molecule has 0 fully saturated rings. The molecule has 3 heterocycles. The van der Waals surface area contributed by atoms with E-state index in [9.17, 15) is 4.79 Å². The van der Waals surface area contributed by atoms with E-state index in [2.05, 4.69) is 15.0 Å². The number of hydrogen-bond donors (Lipinski definition) is 1. The summed E-state index contributed by atoms with van der Waals surface area (Å²) in [6.45, 7) is 4.03. The van der Waals surface area contributed by atoms with Gasteiger partial charge in [-0.05, 0) is 31.2 Å². The molecule has 146 valence electrons. The molecule has 0 spiro atoms. The van der Waals surface area contributed by atoms with Crippen LogP contribution in [0.25, 0.3) is 11.4 Å². The lowest BCUT2D eigenvalue weighted by Gasteiger charge is -2.27. The Hall–Kier alpha value is -2.64. The maximum absolute atomic E-state index is 12.7. The number of hydrogen-bond acceptors (Lipinski definition) is 5. The van der Waals surface area contributed by atoms with Gasteiger partial charge in [-0.1, -0.05) is 11.6 Å². The van der Waals surface area contributed by atoms with Crippen LogP contribution in [-0.2, 0) is 26.6 Å². The van der Waals surface area contributed by atoms with Gasteiger partial charge in [-0.15, -0.1) is 0 Å². The van der Waals surface area contributed by atoms with Crippen LogP contribution in [0.1, 0.15) is 22.5 Å². The molecule has 2 aromatic heterocycles. The predicted molar refractivity (Wildman–Crippen MR) is 108 cm³/mol. The summed E-state index contributed by atoms with van der Waals surface area (Å²) in [7, 11) is 3.52. The Bertz CT molecular complexity index is 1070. The van der Waals surface area contributed by atoms with Gasteiger partial charge in [-0.2, -0.15) is 5.10 Å². The average Bonchev–Trinajstić information content (AvgIpc) is 2.95. The van der Waals surface area contributed by atoms with Crippen molar-refractivity contribution < 1.29 is 4.74 Å². The Balaban J connectivity index is 1.60. The molecule has 0 unspecified atom stereocenters. The van der Waals surface area contributed by atoms with Crippen molar-refractivity contribution in [1.82, 2.24) is 24.6 Å². The SMILES string of the molecule is COc1c(CN2CCc3nc(-c4ccc(Cl)cc4)[nH]c(=O)c3C2)c(C)nn1C. The molecule has 0 radical (unpaired) electrons. The number of rotatable bonds is 4. The van der Waals surface area contributed by atoms with Gasteiger partial charge in [0.25, 0.3) is 5.56 Å². The number of nitrogens with one attached hydrogen (secondary N) is 1. The first-order valence-corrected chi connectivity index (χ1v) is 9.51. The summed E-state index contributed by atoms with van der Waals surface area (Å²) < 4.78 is 7.23. The summed E-state index contributed by atoms with van der Waals surface area (Å²) in [5.41, 5.74) is 4.34. The zero-order valence-corrected chi connectivity index (χ0v) is 16.9. The third-order valence-corrected chi connectivity index (χ3v) is 5.38. The highest BCUT2D eigenvalue weighted by Gasteiger charge is 2.24. The van der Waals surface area contributed by atoms with E-state index in [1.165, 1.54) is 0 Å². The van der Waals surface area contributed by atoms with Crippen LogP contribution in [0.2, 0.25) is 5.02 Å². The molecule has 1 aliphatic heterocycles. The zero-order chi connectivity index (χ0) is 19.8. The Labute approximate surface area is 167 Å². The van der Waals surface area contributed by atoms with Crippen molar-refractivity contribution in [1.29, 1.82) is 0 Å². The van der Waals surface area contributed by atoms with E-state index in [1.54, 1.807) is 23.9 Å². The lowest BCUT2D eigenvalue weighted by atomic mass is 10.1. The normalized spacial score (nSPS) is 14.1. The second kappa shape index (κ2) is 7.41. The summed E-state index contributed by atoms with van der Waals surface area (Å²) in [6, 6.07) is 7.31. The average molecular weight is 400 g/mol. The molecule has 0 aliphatic carbocycles. The second-order valence-corrected chi connectivity index (χ2v) is 7.44. The molecule has 1 aromatic carbocycles. The van der Waals surface area contributed by atoms with Crippen molar-refractivity contribution in [3.8, 4) is 17.3 Å². The minimum absolute atomic E-state index is 0.0884. The van der Waals surface area contributed by atoms with Gasteiger partial charge in [0, 0.05) is 43.7 Å². The van der Waals surface area contributed by atoms with Crippen molar-refractivity contribution in [3.63, 3.8) is 0 Å². The quantitative estimate of drug-likeness (QED) is 0.730. The van der Waals surface area contributed by atoms with E-state index in [1.807, 2.05) is 26.1 Å². The number of nitrogens with zero attached hydrogens (tertiary/aromatic N) is 4. The Morgan fingerprint density at radius 3 is 2.75 bits per heavy atom. The smallest absolute Gasteiger partial charge is 0.255 e. The maximum Gasteiger partial charge on any atom is 0.255 e. The van der Waals surface area contributed by atoms with E-state index in [0.29, 0.717) is 23.9 Å². The number of aryl methyl sites for hydroxylation is 2. The van der Waals surface area contributed by atoms with E-state index in [4.69, 9.17) is 21.3 Å². The summed E-state index contributed by atoms with van der Waals surface area (Å²) >= 11 is 5.95. The van der Waals surface area contributed by atoms with Crippen LogP contribution in [-0.4, -0.2) is 38.3 Å². The molecule has 1 aliphatic rings. The summed E-state index contributed by atoms with van der Waals surface area (Å²) in [6.07, 6.45) is 0.724. The molecule has 7 nitrogen and oxygen atoms in total. The number of H-pyrrole nitrogens is 1. The molecule has 8 heteroatoms. The summed E-state index contributed by atoms with van der Waals surface area (Å²) in [5.74, 6) is 1.34. The molecule has 0 atom stereocenters. The molecule has 0 saturated heterocycles. The third-order valence-electron chi connectivity index (χ3n) is 5.13. The Morgan fingerprint density at radius 1 is 1.29 bits per heavy atom. The van der Waals surface area contributed by atoms with Crippen molar-refractivity contribution in [3.05, 3.63) is 62.2 Å². The lowest BCUT2D eigenvalue weighted by Crippen LogP contribution is -2.35. The van der Waals surface area contributed by atoms with E-state index >= 15 is 0 Å². The van der Waals surface area contributed by atoms with Crippen LogP contribution in [0.4, 0.5) is 0 Å². The van der Waals surface area contributed by atoms with Gasteiger partial charge in [0.05, 0.1) is 29.6 Å². The molecular formula is C20H22ClN5O2. The van der Waals surface area contributed by atoms with Gasteiger partial charge in [-0.25, -0.2) is 9.67 Å². The number of halogens is 1. The van der Waals surface area contributed by atoms with Crippen LogP contribution in [0.3, 0.4) is 0 Å². The summed E-state index contributed by atoms with van der Waals surface area (Å²) in [5, 5.41) is 5.09. The monoisotopic (exact) mass is 399 g/mol. The Kier molecular flexibility index (Phi) is 4.95. The molecule has 0 saturated carbocycles. The number of methoxy groups -OCH3 is 1. The van der Waals surface area contributed by atoms with Crippen LogP contribution in [0.15, 0.2) is 29.1 Å². The van der Waals surface area contributed by atoms with Crippen LogP contribution < -0.4 is 10.3 Å². The topological polar surface area (TPSA) is 76.0 Å². The molecule has 3 aromatic rings. The van der Waals surface area contributed by atoms with E-state index in [0.717, 1.165) is 46.9 Å². The molecule has 0 bridgehead atoms. The molecular weight excluding hydrogens is 378 g/mol. The van der Waals surface area contributed by atoms with Crippen molar-refractivity contribution in [2.75, 3.05) is 13.7 Å². The largest absolute Gasteiger partial charge is 0.481 e. The molecule has 0 amide bonds. The first-order valence-electron chi connectivity index (χ1n) is 9.13. The van der Waals surface area contributed by atoms with Crippen molar-refractivity contribution in [2.24, 2.45) is 7.05 Å². The highest BCUT2D eigenvalue weighted by molar-refractivity contribution is 6.30. The zero-order valence-electron chi connectivity index (χ0n) is 16.1. The molecule has 4 rings (SSSR count). The number of aromatic nitrogens is 4. The molecule has 28 heavy (non-hydrogen) atoms. The number of benzene rings is 1. The van der Waals surface area contributed by atoms with E-state index < -0.39 is 0 Å². The van der Waals surface area contributed by atoms with Crippen LogP contribution in [0, 0.1) is 6.92 Å². The van der Waals surface area contributed by atoms with Crippen LogP contribution >= 0.6 is 11.6 Å². The Morgan fingerprint density at radius 2 is 2.04 bits per heavy atom.